The molecule has 0 aromatic heterocycles. The number of halogens is 1. The van der Waals surface area contributed by atoms with E-state index in [4.69, 9.17) is 0 Å². The number of aryl methyl sites for hydroxylation is 1. The van der Waals surface area contributed by atoms with Crippen LogP contribution in [0.3, 0.4) is 0 Å². The number of benzene rings is 2. The highest BCUT2D eigenvalue weighted by Crippen LogP contribution is 2.22. The van der Waals surface area contributed by atoms with Crippen LogP contribution in [-0.4, -0.2) is 14.3 Å². The Morgan fingerprint density at radius 3 is 2.32 bits per heavy atom. The van der Waals surface area contributed by atoms with Crippen LogP contribution in [0.4, 0.5) is 15.8 Å². The van der Waals surface area contributed by atoms with Crippen molar-refractivity contribution in [2.24, 2.45) is 0 Å². The fourth-order valence-electron chi connectivity index (χ4n) is 1.85. The Bertz CT molecular complexity index is 802. The second-order valence-electron chi connectivity index (χ2n) is 4.75. The molecule has 7 heteroatoms. The highest BCUT2D eigenvalue weighted by molar-refractivity contribution is 7.92. The summed E-state index contributed by atoms with van der Waals surface area (Å²) in [6, 6.07) is 10.1. The molecule has 0 bridgehead atoms. The molecule has 0 aliphatic carbocycles. The monoisotopic (exact) mass is 322 g/mol. The van der Waals surface area contributed by atoms with Gasteiger partial charge in [-0.25, -0.2) is 12.8 Å². The van der Waals surface area contributed by atoms with Crippen LogP contribution in [0.2, 0.25) is 0 Å². The molecule has 0 aliphatic heterocycles. The lowest BCUT2D eigenvalue weighted by atomic mass is 10.2. The summed E-state index contributed by atoms with van der Waals surface area (Å²) in [5, 5.41) is 2.54. The molecule has 0 heterocycles. The quantitative estimate of drug-likeness (QED) is 0.909. The van der Waals surface area contributed by atoms with E-state index >= 15 is 0 Å². The molecule has 1 amide bonds. The topological polar surface area (TPSA) is 75.3 Å². The van der Waals surface area contributed by atoms with Crippen LogP contribution in [0.1, 0.15) is 12.5 Å². The minimum absolute atomic E-state index is 0.0255. The Balaban J connectivity index is 2.27. The molecular weight excluding hydrogens is 307 g/mol. The van der Waals surface area contributed by atoms with Gasteiger partial charge in [0.25, 0.3) is 10.0 Å². The molecule has 0 saturated heterocycles. The lowest BCUT2D eigenvalue weighted by Gasteiger charge is -2.10. The van der Waals surface area contributed by atoms with E-state index in [0.717, 1.165) is 0 Å². The van der Waals surface area contributed by atoms with Crippen LogP contribution in [0, 0.1) is 12.7 Å². The van der Waals surface area contributed by atoms with E-state index in [1.807, 2.05) is 0 Å². The van der Waals surface area contributed by atoms with Gasteiger partial charge in [0.15, 0.2) is 0 Å². The third kappa shape index (κ3) is 3.62. The van der Waals surface area contributed by atoms with Crippen molar-refractivity contribution in [3.63, 3.8) is 0 Å². The molecule has 0 atom stereocenters. The van der Waals surface area contributed by atoms with Gasteiger partial charge >= 0.3 is 0 Å². The molecule has 2 aromatic carbocycles. The van der Waals surface area contributed by atoms with Crippen molar-refractivity contribution >= 4 is 27.3 Å². The van der Waals surface area contributed by atoms with Gasteiger partial charge in [-0.3, -0.25) is 9.52 Å². The van der Waals surface area contributed by atoms with Gasteiger partial charge in [0, 0.05) is 12.6 Å². The summed E-state index contributed by atoms with van der Waals surface area (Å²) in [7, 11) is -3.90. The predicted molar refractivity (Wildman–Crippen MR) is 82.7 cm³/mol. The first-order valence-corrected chi connectivity index (χ1v) is 7.93. The zero-order valence-corrected chi connectivity index (χ0v) is 12.9. The lowest BCUT2D eigenvalue weighted by Crippen LogP contribution is -2.14. The summed E-state index contributed by atoms with van der Waals surface area (Å²) >= 11 is 0. The SMILES string of the molecule is CC(=O)Nc1ccc(S(=O)(=O)Nc2cccc(C)c2F)cc1. The molecule has 2 rings (SSSR count). The third-order valence-corrected chi connectivity index (χ3v) is 4.30. The van der Waals surface area contributed by atoms with Gasteiger partial charge in [0.1, 0.15) is 5.82 Å². The van der Waals surface area contributed by atoms with Gasteiger partial charge in [-0.2, -0.15) is 0 Å². The summed E-state index contributed by atoms with van der Waals surface area (Å²) < 4.78 is 40.6. The van der Waals surface area contributed by atoms with E-state index in [-0.39, 0.29) is 16.5 Å². The molecule has 22 heavy (non-hydrogen) atoms. The van der Waals surface area contributed by atoms with Crippen molar-refractivity contribution in [1.29, 1.82) is 0 Å². The average Bonchev–Trinajstić information content (AvgIpc) is 2.44. The van der Waals surface area contributed by atoms with Crippen LogP contribution in [0.15, 0.2) is 47.4 Å². The second-order valence-corrected chi connectivity index (χ2v) is 6.43. The summed E-state index contributed by atoms with van der Waals surface area (Å²) in [5.74, 6) is -0.864. The van der Waals surface area contributed by atoms with Crippen LogP contribution in [0.5, 0.6) is 0 Å². The Kier molecular flexibility index (Phi) is 4.46. The molecule has 0 saturated carbocycles. The van der Waals surface area contributed by atoms with E-state index in [9.17, 15) is 17.6 Å². The molecule has 0 aliphatic rings. The van der Waals surface area contributed by atoms with Crippen molar-refractivity contribution in [2.45, 2.75) is 18.7 Å². The Morgan fingerprint density at radius 1 is 1.09 bits per heavy atom. The van der Waals surface area contributed by atoms with Crippen molar-refractivity contribution in [3.8, 4) is 0 Å². The highest BCUT2D eigenvalue weighted by Gasteiger charge is 2.16. The smallest absolute Gasteiger partial charge is 0.261 e. The molecule has 5 nitrogen and oxygen atoms in total. The number of carbonyl (C=O) groups is 1. The lowest BCUT2D eigenvalue weighted by molar-refractivity contribution is -0.114. The van der Waals surface area contributed by atoms with E-state index in [1.54, 1.807) is 19.1 Å². The summed E-state index contributed by atoms with van der Waals surface area (Å²) in [4.78, 5) is 10.9. The van der Waals surface area contributed by atoms with Crippen LogP contribution in [-0.2, 0) is 14.8 Å². The van der Waals surface area contributed by atoms with Gasteiger partial charge in [-0.1, -0.05) is 12.1 Å². The molecule has 0 spiro atoms. The first-order valence-electron chi connectivity index (χ1n) is 6.45. The largest absolute Gasteiger partial charge is 0.326 e. The number of rotatable bonds is 4. The molecule has 0 unspecified atom stereocenters. The van der Waals surface area contributed by atoms with E-state index in [1.165, 1.54) is 37.3 Å². The van der Waals surface area contributed by atoms with Crippen LogP contribution in [0.25, 0.3) is 0 Å². The fourth-order valence-corrected chi connectivity index (χ4v) is 2.91. The zero-order valence-electron chi connectivity index (χ0n) is 12.1. The number of sulfonamides is 1. The number of carbonyl (C=O) groups excluding carboxylic acids is 1. The van der Waals surface area contributed by atoms with E-state index in [0.29, 0.717) is 11.3 Å². The maximum atomic E-state index is 13.9. The van der Waals surface area contributed by atoms with Gasteiger partial charge < -0.3 is 5.32 Å². The molecule has 116 valence electrons. The predicted octanol–water partition coefficient (Wildman–Crippen LogP) is 2.89. The van der Waals surface area contributed by atoms with Gasteiger partial charge in [0.2, 0.25) is 5.91 Å². The second kappa shape index (κ2) is 6.15. The van der Waals surface area contributed by atoms with Crippen molar-refractivity contribution in [1.82, 2.24) is 0 Å². The van der Waals surface area contributed by atoms with Gasteiger partial charge in [-0.05, 0) is 42.8 Å². The van der Waals surface area contributed by atoms with Crippen LogP contribution >= 0.6 is 0 Å². The highest BCUT2D eigenvalue weighted by atomic mass is 32.2. The Labute approximate surface area is 128 Å². The number of hydrogen-bond donors (Lipinski definition) is 2. The molecule has 0 fully saturated rings. The fraction of sp³-hybridized carbons (Fsp3) is 0.133. The van der Waals surface area contributed by atoms with Crippen LogP contribution < -0.4 is 10.0 Å². The summed E-state index contributed by atoms with van der Waals surface area (Å²) in [6.07, 6.45) is 0. The first kappa shape index (κ1) is 16.0. The zero-order chi connectivity index (χ0) is 16.3. The van der Waals surface area contributed by atoms with Gasteiger partial charge in [-0.15, -0.1) is 0 Å². The summed E-state index contributed by atoms with van der Waals surface area (Å²) in [5.41, 5.74) is 0.723. The number of nitrogens with one attached hydrogen (secondary N) is 2. The Morgan fingerprint density at radius 2 is 1.73 bits per heavy atom. The summed E-state index contributed by atoms with van der Waals surface area (Å²) in [6.45, 7) is 2.90. The third-order valence-electron chi connectivity index (χ3n) is 2.92. The van der Waals surface area contributed by atoms with E-state index in [2.05, 4.69) is 10.0 Å². The van der Waals surface area contributed by atoms with Crippen molar-refractivity contribution < 1.29 is 17.6 Å². The molecular formula is C15H15FN2O3S. The maximum absolute atomic E-state index is 13.9. The molecule has 2 N–H and O–H groups in total. The molecule has 0 radical (unpaired) electrons. The van der Waals surface area contributed by atoms with Gasteiger partial charge in [0.05, 0.1) is 10.6 Å². The number of amides is 1. The first-order chi connectivity index (χ1) is 10.3. The maximum Gasteiger partial charge on any atom is 0.261 e. The standard InChI is InChI=1S/C15H15FN2O3S/c1-10-4-3-5-14(15(10)16)18-22(20,21)13-8-6-12(7-9-13)17-11(2)19/h3-9,18H,1-2H3,(H,17,19). The van der Waals surface area contributed by atoms with Crippen molar-refractivity contribution in [3.05, 3.63) is 53.8 Å². The normalized spacial score (nSPS) is 11.0. The number of anilines is 2. The Hall–Kier alpha value is -2.41. The molecule has 2 aromatic rings. The minimum atomic E-state index is -3.90. The van der Waals surface area contributed by atoms with E-state index < -0.39 is 15.8 Å². The average molecular weight is 322 g/mol. The minimum Gasteiger partial charge on any atom is -0.326 e. The van der Waals surface area contributed by atoms with Crippen molar-refractivity contribution in [2.75, 3.05) is 10.0 Å². The number of hydrogen-bond acceptors (Lipinski definition) is 3.